The SMILES string of the molecule is N#Cc1ccc(NC(N)=Nc2ccc3c4c(cccc24)C=C3)c2ccccc12. The van der Waals surface area contributed by atoms with E-state index < -0.39 is 0 Å². The highest BCUT2D eigenvalue weighted by molar-refractivity contribution is 6.10. The summed E-state index contributed by atoms with van der Waals surface area (Å²) in [6.45, 7) is 0. The van der Waals surface area contributed by atoms with Crippen LogP contribution in [0.4, 0.5) is 11.4 Å². The summed E-state index contributed by atoms with van der Waals surface area (Å²) in [4.78, 5) is 4.63. The summed E-state index contributed by atoms with van der Waals surface area (Å²) in [5, 5.41) is 16.6. The Kier molecular flexibility index (Phi) is 3.60. The van der Waals surface area contributed by atoms with Gasteiger partial charge in [-0.2, -0.15) is 5.26 Å². The van der Waals surface area contributed by atoms with Crippen LogP contribution in [0.15, 0.2) is 71.7 Å². The summed E-state index contributed by atoms with van der Waals surface area (Å²) in [5.74, 6) is 0.307. The molecule has 0 fully saturated rings. The van der Waals surface area contributed by atoms with Crippen molar-refractivity contribution in [2.24, 2.45) is 10.7 Å². The summed E-state index contributed by atoms with van der Waals surface area (Å²) in [6.07, 6.45) is 4.24. The van der Waals surface area contributed by atoms with Crippen LogP contribution in [0, 0.1) is 11.3 Å². The quantitative estimate of drug-likeness (QED) is 0.327. The zero-order chi connectivity index (χ0) is 19.1. The van der Waals surface area contributed by atoms with E-state index in [2.05, 4.69) is 46.7 Å². The van der Waals surface area contributed by atoms with E-state index in [1.807, 2.05) is 42.5 Å². The molecule has 0 aliphatic heterocycles. The molecule has 5 rings (SSSR count). The average molecular weight is 360 g/mol. The van der Waals surface area contributed by atoms with Crippen molar-refractivity contribution in [1.82, 2.24) is 0 Å². The maximum atomic E-state index is 9.33. The number of fused-ring (bicyclic) bond motifs is 1. The molecule has 0 saturated heterocycles. The van der Waals surface area contributed by atoms with Crippen LogP contribution in [-0.2, 0) is 0 Å². The van der Waals surface area contributed by atoms with Gasteiger partial charge in [0.1, 0.15) is 0 Å². The minimum Gasteiger partial charge on any atom is -0.369 e. The fourth-order valence-corrected chi connectivity index (χ4v) is 3.80. The fourth-order valence-electron chi connectivity index (χ4n) is 3.80. The second kappa shape index (κ2) is 6.26. The lowest BCUT2D eigenvalue weighted by atomic mass is 10.0. The largest absolute Gasteiger partial charge is 0.369 e. The van der Waals surface area contributed by atoms with Gasteiger partial charge in [-0.15, -0.1) is 0 Å². The number of anilines is 1. The van der Waals surface area contributed by atoms with Crippen LogP contribution in [0.1, 0.15) is 16.7 Å². The molecule has 4 aromatic rings. The van der Waals surface area contributed by atoms with Crippen molar-refractivity contribution in [3.63, 3.8) is 0 Å². The molecule has 1 aliphatic carbocycles. The van der Waals surface area contributed by atoms with E-state index >= 15 is 0 Å². The summed E-state index contributed by atoms with van der Waals surface area (Å²) in [5.41, 5.74) is 10.9. The highest BCUT2D eigenvalue weighted by Gasteiger charge is 2.12. The van der Waals surface area contributed by atoms with Crippen LogP contribution in [0.5, 0.6) is 0 Å². The number of rotatable bonds is 2. The van der Waals surface area contributed by atoms with Gasteiger partial charge >= 0.3 is 0 Å². The second-order valence-corrected chi connectivity index (χ2v) is 6.72. The molecule has 1 aliphatic rings. The van der Waals surface area contributed by atoms with Gasteiger partial charge in [-0.3, -0.25) is 0 Å². The Morgan fingerprint density at radius 1 is 0.821 bits per heavy atom. The summed E-state index contributed by atoms with van der Waals surface area (Å²) in [7, 11) is 0. The monoisotopic (exact) mass is 360 g/mol. The first-order valence-electron chi connectivity index (χ1n) is 9.01. The van der Waals surface area contributed by atoms with Gasteiger partial charge in [0.2, 0.25) is 0 Å². The van der Waals surface area contributed by atoms with Gasteiger partial charge in [0.05, 0.1) is 17.3 Å². The van der Waals surface area contributed by atoms with E-state index in [9.17, 15) is 5.26 Å². The Hall–Kier alpha value is -4.10. The molecular weight excluding hydrogens is 344 g/mol. The summed E-state index contributed by atoms with van der Waals surface area (Å²) >= 11 is 0. The van der Waals surface area contributed by atoms with Gasteiger partial charge in [-0.1, -0.05) is 60.7 Å². The molecular formula is C24H16N4. The van der Waals surface area contributed by atoms with Crippen LogP contribution in [0.2, 0.25) is 0 Å². The molecule has 0 radical (unpaired) electrons. The third kappa shape index (κ3) is 2.50. The Bertz CT molecular complexity index is 1340. The molecule has 0 aromatic heterocycles. The van der Waals surface area contributed by atoms with Crippen LogP contribution >= 0.6 is 0 Å². The van der Waals surface area contributed by atoms with Crippen molar-refractivity contribution in [3.05, 3.63) is 83.4 Å². The molecule has 0 atom stereocenters. The van der Waals surface area contributed by atoms with E-state index in [4.69, 9.17) is 5.73 Å². The van der Waals surface area contributed by atoms with E-state index in [0.29, 0.717) is 11.5 Å². The number of aliphatic imine (C=N–C) groups is 1. The predicted octanol–water partition coefficient (Wildman–Crippen LogP) is 5.41. The topological polar surface area (TPSA) is 74.2 Å². The lowest BCUT2D eigenvalue weighted by Crippen LogP contribution is -2.22. The van der Waals surface area contributed by atoms with Crippen molar-refractivity contribution in [3.8, 4) is 6.07 Å². The van der Waals surface area contributed by atoms with E-state index in [1.165, 1.54) is 16.5 Å². The van der Waals surface area contributed by atoms with Gasteiger partial charge < -0.3 is 11.1 Å². The van der Waals surface area contributed by atoms with Gasteiger partial charge in [0.25, 0.3) is 0 Å². The number of benzene rings is 4. The Morgan fingerprint density at radius 3 is 2.39 bits per heavy atom. The number of nitrogens with one attached hydrogen (secondary N) is 1. The third-order valence-electron chi connectivity index (χ3n) is 5.07. The average Bonchev–Trinajstić information content (AvgIpc) is 3.15. The number of hydrogen-bond donors (Lipinski definition) is 2. The molecule has 132 valence electrons. The molecule has 0 bridgehead atoms. The van der Waals surface area contributed by atoms with Crippen LogP contribution < -0.4 is 11.1 Å². The summed E-state index contributed by atoms with van der Waals surface area (Å²) < 4.78 is 0. The highest BCUT2D eigenvalue weighted by atomic mass is 15.1. The van der Waals surface area contributed by atoms with Crippen molar-refractivity contribution >= 4 is 51.0 Å². The standard InChI is InChI=1S/C24H16N4/c25-14-17-11-13-21(19-6-2-1-5-18(17)19)27-24(26)28-22-12-10-16-9-8-15-4-3-7-20(22)23(15)16/h1-13H,(H3,26,27,28). The maximum absolute atomic E-state index is 9.33. The molecule has 4 aromatic carbocycles. The van der Waals surface area contributed by atoms with E-state index in [0.717, 1.165) is 27.5 Å². The maximum Gasteiger partial charge on any atom is 0.198 e. The fraction of sp³-hybridized carbons (Fsp3) is 0. The van der Waals surface area contributed by atoms with Crippen LogP contribution in [0.3, 0.4) is 0 Å². The molecule has 0 unspecified atom stereocenters. The predicted molar refractivity (Wildman–Crippen MR) is 116 cm³/mol. The van der Waals surface area contributed by atoms with Crippen molar-refractivity contribution in [2.45, 2.75) is 0 Å². The van der Waals surface area contributed by atoms with Crippen LogP contribution in [-0.4, -0.2) is 5.96 Å². The normalized spacial score (nSPS) is 12.5. The number of nitrogens with two attached hydrogens (primary N) is 1. The Labute approximate surface area is 162 Å². The molecule has 3 N–H and O–H groups in total. The zero-order valence-corrected chi connectivity index (χ0v) is 15.0. The van der Waals surface area contributed by atoms with Gasteiger partial charge in [-0.05, 0) is 34.7 Å². The van der Waals surface area contributed by atoms with E-state index in [1.54, 1.807) is 6.07 Å². The lowest BCUT2D eigenvalue weighted by Gasteiger charge is -2.11. The van der Waals surface area contributed by atoms with Crippen molar-refractivity contribution < 1.29 is 0 Å². The molecule has 0 spiro atoms. The van der Waals surface area contributed by atoms with Crippen LogP contribution in [0.25, 0.3) is 33.7 Å². The van der Waals surface area contributed by atoms with Gasteiger partial charge in [0.15, 0.2) is 5.96 Å². The molecule has 28 heavy (non-hydrogen) atoms. The number of guanidine groups is 1. The zero-order valence-electron chi connectivity index (χ0n) is 15.0. The van der Waals surface area contributed by atoms with Crippen molar-refractivity contribution in [2.75, 3.05) is 5.32 Å². The van der Waals surface area contributed by atoms with Gasteiger partial charge in [0, 0.05) is 21.8 Å². The first-order chi connectivity index (χ1) is 13.7. The minimum absolute atomic E-state index is 0.307. The molecule has 0 heterocycles. The lowest BCUT2D eigenvalue weighted by molar-refractivity contribution is 1.46. The molecule has 4 heteroatoms. The van der Waals surface area contributed by atoms with E-state index in [-0.39, 0.29) is 0 Å². The molecule has 4 nitrogen and oxygen atoms in total. The van der Waals surface area contributed by atoms with Crippen molar-refractivity contribution in [1.29, 1.82) is 5.26 Å². The van der Waals surface area contributed by atoms with Gasteiger partial charge in [-0.25, -0.2) is 4.99 Å². The minimum atomic E-state index is 0.307. The first-order valence-corrected chi connectivity index (χ1v) is 9.01. The molecule has 0 amide bonds. The Balaban J connectivity index is 1.57. The number of nitrogens with zero attached hydrogens (tertiary/aromatic N) is 2. The molecule has 0 saturated carbocycles. The second-order valence-electron chi connectivity index (χ2n) is 6.72. The third-order valence-corrected chi connectivity index (χ3v) is 5.07. The number of hydrogen-bond acceptors (Lipinski definition) is 2. The number of nitriles is 1. The smallest absolute Gasteiger partial charge is 0.198 e. The highest BCUT2D eigenvalue weighted by Crippen LogP contribution is 2.36. The summed E-state index contributed by atoms with van der Waals surface area (Å²) in [6, 6.07) is 23.9. The Morgan fingerprint density at radius 2 is 1.57 bits per heavy atom. The first kappa shape index (κ1) is 16.1.